The van der Waals surface area contributed by atoms with Crippen LogP contribution < -0.4 is 5.46 Å². The molecular formula is C15H24BNO4. The van der Waals surface area contributed by atoms with Crippen molar-refractivity contribution in [1.82, 2.24) is 4.57 Å². The first-order chi connectivity index (χ1) is 9.59. The molecule has 0 saturated carbocycles. The highest BCUT2D eigenvalue weighted by molar-refractivity contribution is 6.62. The van der Waals surface area contributed by atoms with Crippen LogP contribution in [0.2, 0.25) is 0 Å². The van der Waals surface area contributed by atoms with Crippen LogP contribution in [-0.4, -0.2) is 36.0 Å². The highest BCUT2D eigenvalue weighted by atomic mass is 16.7. The fraction of sp³-hybridized carbons (Fsp3) is 0.667. The van der Waals surface area contributed by atoms with Gasteiger partial charge in [-0.3, -0.25) is 0 Å². The van der Waals surface area contributed by atoms with Gasteiger partial charge in [0.25, 0.3) is 0 Å². The van der Waals surface area contributed by atoms with E-state index >= 15 is 0 Å². The van der Waals surface area contributed by atoms with Crippen LogP contribution in [0.25, 0.3) is 0 Å². The Morgan fingerprint density at radius 1 is 1.24 bits per heavy atom. The largest absolute Gasteiger partial charge is 0.496 e. The molecule has 0 aliphatic carbocycles. The molecule has 21 heavy (non-hydrogen) atoms. The van der Waals surface area contributed by atoms with Crippen molar-refractivity contribution in [3.63, 3.8) is 0 Å². The number of carbonyl (C=O) groups excluding carboxylic acids is 1. The second kappa shape index (κ2) is 5.18. The SMILES string of the molecule is COC(=O)c1cc(B2OC(C)(C)C(C)(C)O2)cn1C(C)C. The van der Waals surface area contributed by atoms with Crippen LogP contribution in [0.1, 0.15) is 58.1 Å². The van der Waals surface area contributed by atoms with Crippen molar-refractivity contribution in [1.29, 1.82) is 0 Å². The van der Waals surface area contributed by atoms with Crippen LogP contribution in [0.5, 0.6) is 0 Å². The highest BCUT2D eigenvalue weighted by Crippen LogP contribution is 2.36. The van der Waals surface area contributed by atoms with Crippen LogP contribution in [-0.2, 0) is 14.0 Å². The van der Waals surface area contributed by atoms with Crippen molar-refractivity contribution in [3.05, 3.63) is 18.0 Å². The van der Waals surface area contributed by atoms with E-state index in [1.165, 1.54) is 7.11 Å². The van der Waals surface area contributed by atoms with Crippen LogP contribution in [0.4, 0.5) is 0 Å². The standard InChI is InChI=1S/C15H24BNO4/c1-10(2)17-9-11(8-12(17)13(18)19-7)16-20-14(3,4)15(5,6)21-16/h8-10H,1-7H3. The number of hydrogen-bond donors (Lipinski definition) is 0. The third-order valence-electron chi connectivity index (χ3n) is 4.35. The predicted molar refractivity (Wildman–Crippen MR) is 81.9 cm³/mol. The average molecular weight is 293 g/mol. The lowest BCUT2D eigenvalue weighted by atomic mass is 9.81. The maximum atomic E-state index is 11.9. The molecule has 0 unspecified atom stereocenters. The Labute approximate surface area is 126 Å². The van der Waals surface area contributed by atoms with Crippen LogP contribution in [0, 0.1) is 0 Å². The Morgan fingerprint density at radius 2 is 1.76 bits per heavy atom. The average Bonchev–Trinajstić information content (AvgIpc) is 2.88. The molecule has 2 rings (SSSR count). The number of ether oxygens (including phenoxy) is 1. The van der Waals surface area contributed by atoms with E-state index in [-0.39, 0.29) is 12.0 Å². The summed E-state index contributed by atoms with van der Waals surface area (Å²) >= 11 is 0. The molecule has 1 aromatic rings. The molecule has 1 aromatic heterocycles. The molecule has 0 radical (unpaired) electrons. The van der Waals surface area contributed by atoms with Crippen molar-refractivity contribution in [2.24, 2.45) is 0 Å². The van der Waals surface area contributed by atoms with E-state index in [1.807, 2.05) is 52.3 Å². The molecule has 116 valence electrons. The maximum absolute atomic E-state index is 11.9. The first-order valence-corrected chi connectivity index (χ1v) is 7.25. The Hall–Kier alpha value is -1.27. The Balaban J connectivity index is 2.37. The molecule has 1 aliphatic rings. The first-order valence-electron chi connectivity index (χ1n) is 7.25. The van der Waals surface area contributed by atoms with Gasteiger partial charge < -0.3 is 18.6 Å². The number of rotatable bonds is 3. The van der Waals surface area contributed by atoms with Crippen LogP contribution in [0.3, 0.4) is 0 Å². The maximum Gasteiger partial charge on any atom is 0.496 e. The summed E-state index contributed by atoms with van der Waals surface area (Å²) in [5.41, 5.74) is 0.548. The quantitative estimate of drug-likeness (QED) is 0.633. The van der Waals surface area contributed by atoms with Gasteiger partial charge in [-0.15, -0.1) is 0 Å². The molecule has 1 fully saturated rings. The van der Waals surface area contributed by atoms with Crippen molar-refractivity contribution in [3.8, 4) is 0 Å². The smallest absolute Gasteiger partial charge is 0.464 e. The van der Waals surface area contributed by atoms with E-state index in [0.717, 1.165) is 5.46 Å². The molecule has 0 atom stereocenters. The second-order valence-electron chi connectivity index (χ2n) is 6.74. The number of aromatic nitrogens is 1. The van der Waals surface area contributed by atoms with E-state index in [0.29, 0.717) is 5.69 Å². The van der Waals surface area contributed by atoms with Gasteiger partial charge in [0, 0.05) is 17.7 Å². The summed E-state index contributed by atoms with van der Waals surface area (Å²) in [6.45, 7) is 12.1. The lowest BCUT2D eigenvalue weighted by Gasteiger charge is -2.32. The van der Waals surface area contributed by atoms with E-state index < -0.39 is 18.3 Å². The van der Waals surface area contributed by atoms with Gasteiger partial charge in [-0.25, -0.2) is 4.79 Å². The van der Waals surface area contributed by atoms with Gasteiger partial charge in [-0.05, 0) is 47.6 Å². The van der Waals surface area contributed by atoms with E-state index in [1.54, 1.807) is 6.07 Å². The molecular weight excluding hydrogens is 269 g/mol. The Morgan fingerprint density at radius 3 is 2.19 bits per heavy atom. The number of methoxy groups -OCH3 is 1. The molecule has 6 heteroatoms. The molecule has 0 amide bonds. The number of hydrogen-bond acceptors (Lipinski definition) is 4. The monoisotopic (exact) mass is 293 g/mol. The topological polar surface area (TPSA) is 49.7 Å². The summed E-state index contributed by atoms with van der Waals surface area (Å²) in [7, 11) is 0.910. The summed E-state index contributed by atoms with van der Waals surface area (Å²) in [5, 5.41) is 0. The normalized spacial score (nSPS) is 20.1. The van der Waals surface area contributed by atoms with E-state index in [2.05, 4.69) is 0 Å². The zero-order chi connectivity index (χ0) is 16.0. The van der Waals surface area contributed by atoms with Crippen molar-refractivity contribution >= 4 is 18.6 Å². The number of esters is 1. The second-order valence-corrected chi connectivity index (χ2v) is 6.74. The molecule has 1 saturated heterocycles. The van der Waals surface area contributed by atoms with Gasteiger partial charge in [-0.2, -0.15) is 0 Å². The minimum absolute atomic E-state index is 0.148. The summed E-state index contributed by atoms with van der Waals surface area (Å²) in [6, 6.07) is 1.93. The molecule has 0 spiro atoms. The van der Waals surface area contributed by atoms with Gasteiger partial charge in [0.15, 0.2) is 0 Å². The lowest BCUT2D eigenvalue weighted by Crippen LogP contribution is -2.41. The summed E-state index contributed by atoms with van der Waals surface area (Å²) in [6.07, 6.45) is 1.90. The third-order valence-corrected chi connectivity index (χ3v) is 4.35. The van der Waals surface area contributed by atoms with Crippen molar-refractivity contribution in [2.75, 3.05) is 7.11 Å². The fourth-order valence-electron chi connectivity index (χ4n) is 2.30. The Bertz CT molecular complexity index is 532. The first kappa shape index (κ1) is 16.1. The minimum atomic E-state index is -0.474. The summed E-state index contributed by atoms with van der Waals surface area (Å²) < 4.78 is 18.8. The lowest BCUT2D eigenvalue weighted by molar-refractivity contribution is 0.00578. The molecule has 5 nitrogen and oxygen atoms in total. The molecule has 1 aliphatic heterocycles. The van der Waals surface area contributed by atoms with E-state index in [9.17, 15) is 4.79 Å². The van der Waals surface area contributed by atoms with E-state index in [4.69, 9.17) is 14.0 Å². The summed E-state index contributed by atoms with van der Waals surface area (Å²) in [5.74, 6) is -0.355. The predicted octanol–water partition coefficient (Wildman–Crippen LogP) is 2.15. The van der Waals surface area contributed by atoms with Gasteiger partial charge >= 0.3 is 13.1 Å². The molecule has 0 aromatic carbocycles. The fourth-order valence-corrected chi connectivity index (χ4v) is 2.30. The van der Waals surface area contributed by atoms with Gasteiger partial charge in [0.05, 0.1) is 18.3 Å². The van der Waals surface area contributed by atoms with Crippen molar-refractivity contribution in [2.45, 2.75) is 58.8 Å². The number of carbonyl (C=O) groups is 1. The zero-order valence-corrected chi connectivity index (χ0v) is 13.9. The van der Waals surface area contributed by atoms with Gasteiger partial charge in [0.1, 0.15) is 5.69 Å². The molecule has 2 heterocycles. The zero-order valence-electron chi connectivity index (χ0n) is 13.9. The summed E-state index contributed by atoms with van der Waals surface area (Å²) in [4.78, 5) is 11.9. The molecule has 0 N–H and O–H groups in total. The minimum Gasteiger partial charge on any atom is -0.464 e. The highest BCUT2D eigenvalue weighted by Gasteiger charge is 2.52. The Kier molecular flexibility index (Phi) is 3.97. The van der Waals surface area contributed by atoms with Crippen molar-refractivity contribution < 1.29 is 18.8 Å². The van der Waals surface area contributed by atoms with Gasteiger partial charge in [0.2, 0.25) is 0 Å². The van der Waals surface area contributed by atoms with Crippen LogP contribution >= 0.6 is 0 Å². The van der Waals surface area contributed by atoms with Crippen LogP contribution in [0.15, 0.2) is 12.3 Å². The molecule has 0 bridgehead atoms. The van der Waals surface area contributed by atoms with Gasteiger partial charge in [-0.1, -0.05) is 0 Å². The number of nitrogens with zero attached hydrogens (tertiary/aromatic N) is 1. The third kappa shape index (κ3) is 2.74.